The average molecular weight is 191 g/mol. The van der Waals surface area contributed by atoms with Gasteiger partial charge in [0.1, 0.15) is 0 Å². The van der Waals surface area contributed by atoms with Crippen LogP contribution in [0.2, 0.25) is 0 Å². The molecule has 0 amide bonds. The zero-order valence-corrected chi connectivity index (χ0v) is 9.04. The van der Waals surface area contributed by atoms with E-state index in [1.165, 1.54) is 5.69 Å². The van der Waals surface area contributed by atoms with Crippen LogP contribution in [0.5, 0.6) is 0 Å². The van der Waals surface area contributed by atoms with E-state index in [-0.39, 0.29) is 6.04 Å². The third-order valence-electron chi connectivity index (χ3n) is 2.12. The summed E-state index contributed by atoms with van der Waals surface area (Å²) >= 11 is 0. The minimum atomic E-state index is 0.107. The van der Waals surface area contributed by atoms with Crippen molar-refractivity contribution in [1.82, 2.24) is 15.1 Å². The second-order valence-electron chi connectivity index (χ2n) is 3.36. The average Bonchev–Trinajstić information content (AvgIpc) is 2.55. The molecule has 1 N–H and O–H groups in total. The first-order valence-corrected chi connectivity index (χ1v) is 4.90. The Bertz CT molecular complexity index is 333. The number of aryl methyl sites for hydroxylation is 2. The van der Waals surface area contributed by atoms with Crippen molar-refractivity contribution in [2.24, 2.45) is 0 Å². The largest absolute Gasteiger partial charge is 0.298 e. The van der Waals surface area contributed by atoms with Gasteiger partial charge in [-0.15, -0.1) is 6.42 Å². The van der Waals surface area contributed by atoms with Crippen LogP contribution in [0.1, 0.15) is 25.2 Å². The SMILES string of the molecule is C#CC(C)NCc1cc(C)nn1CC. The number of hydrogen-bond donors (Lipinski definition) is 1. The number of nitrogens with one attached hydrogen (secondary N) is 1. The predicted molar refractivity (Wildman–Crippen MR) is 57.8 cm³/mol. The Kier molecular flexibility index (Phi) is 3.73. The Labute approximate surface area is 85.5 Å². The molecular formula is C11H17N3. The molecule has 1 heterocycles. The van der Waals surface area contributed by atoms with Gasteiger partial charge in [0.15, 0.2) is 0 Å². The van der Waals surface area contributed by atoms with Crippen LogP contribution in [0, 0.1) is 19.3 Å². The predicted octanol–water partition coefficient (Wildman–Crippen LogP) is 1.32. The molecule has 3 nitrogen and oxygen atoms in total. The molecule has 1 aromatic heterocycles. The van der Waals surface area contributed by atoms with Crippen LogP contribution in [-0.4, -0.2) is 15.8 Å². The van der Waals surface area contributed by atoms with Crippen LogP contribution < -0.4 is 5.32 Å². The third kappa shape index (κ3) is 2.61. The van der Waals surface area contributed by atoms with Crippen molar-refractivity contribution in [3.8, 4) is 12.3 Å². The van der Waals surface area contributed by atoms with Crippen molar-refractivity contribution in [2.45, 2.75) is 39.9 Å². The van der Waals surface area contributed by atoms with Gasteiger partial charge in [-0.2, -0.15) is 5.10 Å². The van der Waals surface area contributed by atoms with E-state index in [2.05, 4.69) is 29.3 Å². The van der Waals surface area contributed by atoms with E-state index in [1.54, 1.807) is 0 Å². The Balaban J connectivity index is 2.62. The molecule has 0 aliphatic rings. The van der Waals surface area contributed by atoms with Crippen LogP contribution in [0.25, 0.3) is 0 Å². The molecule has 1 atom stereocenters. The Hall–Kier alpha value is -1.27. The summed E-state index contributed by atoms with van der Waals surface area (Å²) in [5.41, 5.74) is 2.24. The molecule has 0 radical (unpaired) electrons. The topological polar surface area (TPSA) is 29.9 Å². The maximum Gasteiger partial charge on any atom is 0.0661 e. The van der Waals surface area contributed by atoms with Gasteiger partial charge in [-0.25, -0.2) is 0 Å². The first-order valence-electron chi connectivity index (χ1n) is 4.90. The maximum atomic E-state index is 5.28. The number of aromatic nitrogens is 2. The Morgan fingerprint density at radius 1 is 1.71 bits per heavy atom. The molecule has 1 unspecified atom stereocenters. The second kappa shape index (κ2) is 4.83. The molecular weight excluding hydrogens is 174 g/mol. The summed E-state index contributed by atoms with van der Waals surface area (Å²) < 4.78 is 1.99. The fraction of sp³-hybridized carbons (Fsp3) is 0.545. The monoisotopic (exact) mass is 191 g/mol. The van der Waals surface area contributed by atoms with Crippen molar-refractivity contribution >= 4 is 0 Å². The summed E-state index contributed by atoms with van der Waals surface area (Å²) in [5.74, 6) is 2.64. The Morgan fingerprint density at radius 2 is 2.43 bits per heavy atom. The van der Waals surface area contributed by atoms with Crippen molar-refractivity contribution in [1.29, 1.82) is 0 Å². The molecule has 1 rings (SSSR count). The zero-order valence-electron chi connectivity index (χ0n) is 9.04. The molecule has 0 fully saturated rings. The smallest absolute Gasteiger partial charge is 0.0661 e. The van der Waals surface area contributed by atoms with Gasteiger partial charge in [0.25, 0.3) is 0 Å². The van der Waals surface area contributed by atoms with E-state index >= 15 is 0 Å². The highest BCUT2D eigenvalue weighted by Crippen LogP contribution is 2.03. The van der Waals surface area contributed by atoms with Crippen molar-refractivity contribution in [3.63, 3.8) is 0 Å². The quantitative estimate of drug-likeness (QED) is 0.727. The van der Waals surface area contributed by atoms with E-state index in [0.29, 0.717) is 0 Å². The number of terminal acetylenes is 1. The normalized spacial score (nSPS) is 12.4. The van der Waals surface area contributed by atoms with Gasteiger partial charge < -0.3 is 0 Å². The fourth-order valence-corrected chi connectivity index (χ4v) is 1.33. The zero-order chi connectivity index (χ0) is 10.6. The van der Waals surface area contributed by atoms with Crippen LogP contribution in [0.4, 0.5) is 0 Å². The number of rotatable bonds is 4. The highest BCUT2D eigenvalue weighted by molar-refractivity contribution is 5.09. The summed E-state index contributed by atoms with van der Waals surface area (Å²) in [7, 11) is 0. The molecule has 0 aromatic carbocycles. The Morgan fingerprint density at radius 3 is 3.00 bits per heavy atom. The standard InChI is InChI=1S/C11H17N3/c1-5-9(3)12-8-11-7-10(4)13-14(11)6-2/h1,7,9,12H,6,8H2,2-4H3. The molecule has 0 aliphatic carbocycles. The lowest BCUT2D eigenvalue weighted by molar-refractivity contribution is 0.566. The lowest BCUT2D eigenvalue weighted by Gasteiger charge is -2.08. The van der Waals surface area contributed by atoms with Crippen LogP contribution in [-0.2, 0) is 13.1 Å². The summed E-state index contributed by atoms with van der Waals surface area (Å²) in [4.78, 5) is 0. The lowest BCUT2D eigenvalue weighted by atomic mass is 10.3. The molecule has 0 saturated heterocycles. The van der Waals surface area contributed by atoms with Crippen LogP contribution in [0.15, 0.2) is 6.07 Å². The van der Waals surface area contributed by atoms with Crippen molar-refractivity contribution in [3.05, 3.63) is 17.5 Å². The van der Waals surface area contributed by atoms with Gasteiger partial charge in [0, 0.05) is 13.1 Å². The summed E-state index contributed by atoms with van der Waals surface area (Å²) in [6, 6.07) is 2.19. The third-order valence-corrected chi connectivity index (χ3v) is 2.12. The molecule has 3 heteroatoms. The van der Waals surface area contributed by atoms with Gasteiger partial charge in [0.05, 0.1) is 17.4 Å². The van der Waals surface area contributed by atoms with E-state index in [1.807, 2.05) is 18.5 Å². The van der Waals surface area contributed by atoms with E-state index in [0.717, 1.165) is 18.8 Å². The number of hydrogen-bond acceptors (Lipinski definition) is 2. The maximum absolute atomic E-state index is 5.28. The van der Waals surface area contributed by atoms with Crippen molar-refractivity contribution in [2.75, 3.05) is 0 Å². The second-order valence-corrected chi connectivity index (χ2v) is 3.36. The first kappa shape index (κ1) is 10.8. The van der Waals surface area contributed by atoms with E-state index in [4.69, 9.17) is 6.42 Å². The summed E-state index contributed by atoms with van der Waals surface area (Å²) in [6.07, 6.45) is 5.28. The highest BCUT2D eigenvalue weighted by atomic mass is 15.3. The fourth-order valence-electron chi connectivity index (χ4n) is 1.33. The lowest BCUT2D eigenvalue weighted by Crippen LogP contribution is -2.25. The van der Waals surface area contributed by atoms with Gasteiger partial charge in [-0.05, 0) is 26.8 Å². The molecule has 0 bridgehead atoms. The van der Waals surface area contributed by atoms with Crippen molar-refractivity contribution < 1.29 is 0 Å². The molecule has 14 heavy (non-hydrogen) atoms. The summed E-state index contributed by atoms with van der Waals surface area (Å²) in [6.45, 7) is 7.73. The molecule has 0 saturated carbocycles. The molecule has 76 valence electrons. The molecule has 1 aromatic rings. The van der Waals surface area contributed by atoms with Gasteiger partial charge >= 0.3 is 0 Å². The highest BCUT2D eigenvalue weighted by Gasteiger charge is 2.04. The number of nitrogens with zero attached hydrogens (tertiary/aromatic N) is 2. The van der Waals surface area contributed by atoms with E-state index in [9.17, 15) is 0 Å². The summed E-state index contributed by atoms with van der Waals surface area (Å²) in [5, 5.41) is 7.60. The minimum absolute atomic E-state index is 0.107. The van der Waals surface area contributed by atoms with Crippen LogP contribution in [0.3, 0.4) is 0 Å². The van der Waals surface area contributed by atoms with Gasteiger partial charge in [-0.3, -0.25) is 10.00 Å². The van der Waals surface area contributed by atoms with Gasteiger partial charge in [0.2, 0.25) is 0 Å². The van der Waals surface area contributed by atoms with E-state index < -0.39 is 0 Å². The molecule has 0 aliphatic heterocycles. The first-order chi connectivity index (χ1) is 6.67. The minimum Gasteiger partial charge on any atom is -0.298 e. The van der Waals surface area contributed by atoms with Crippen LogP contribution >= 0.6 is 0 Å². The molecule has 0 spiro atoms. The van der Waals surface area contributed by atoms with Gasteiger partial charge in [-0.1, -0.05) is 5.92 Å².